The monoisotopic (exact) mass is 187 g/mol. The van der Waals surface area contributed by atoms with Crippen LogP contribution in [0.4, 0.5) is 8.78 Å². The number of rotatable bonds is 3. The standard InChI is InChI=1S/C9H11F2NO/c1-3-9(10,11)7-4-5-12-8(6-7)13-2/h4-6H,3H2,1-2H3. The van der Waals surface area contributed by atoms with Crippen LogP contribution in [0.5, 0.6) is 5.88 Å². The van der Waals surface area contributed by atoms with Gasteiger partial charge in [0.25, 0.3) is 5.92 Å². The van der Waals surface area contributed by atoms with Gasteiger partial charge in [-0.25, -0.2) is 13.8 Å². The SMILES string of the molecule is CCC(F)(F)c1ccnc(OC)c1. The molecule has 1 aromatic heterocycles. The maximum atomic E-state index is 13.1. The zero-order chi connectivity index (χ0) is 9.90. The Labute approximate surface area is 75.6 Å². The van der Waals surface area contributed by atoms with Crippen molar-refractivity contribution in [2.45, 2.75) is 19.3 Å². The molecule has 0 aliphatic heterocycles. The quantitative estimate of drug-likeness (QED) is 0.725. The van der Waals surface area contributed by atoms with Gasteiger partial charge in [0, 0.05) is 24.2 Å². The molecular weight excluding hydrogens is 176 g/mol. The van der Waals surface area contributed by atoms with Crippen LogP contribution in [0.25, 0.3) is 0 Å². The molecule has 0 spiro atoms. The van der Waals surface area contributed by atoms with Crippen LogP contribution in [-0.2, 0) is 5.92 Å². The minimum absolute atomic E-state index is 0.0538. The molecule has 0 N–H and O–H groups in total. The molecule has 0 aromatic carbocycles. The predicted octanol–water partition coefficient (Wildman–Crippen LogP) is 2.59. The number of ether oxygens (including phenoxy) is 1. The van der Waals surface area contributed by atoms with Gasteiger partial charge in [0.15, 0.2) is 0 Å². The third-order valence-corrected chi connectivity index (χ3v) is 1.81. The van der Waals surface area contributed by atoms with Crippen molar-refractivity contribution >= 4 is 0 Å². The van der Waals surface area contributed by atoms with Gasteiger partial charge in [-0.1, -0.05) is 6.92 Å². The first-order valence-electron chi connectivity index (χ1n) is 3.98. The van der Waals surface area contributed by atoms with Gasteiger partial charge in [-0.3, -0.25) is 0 Å². The van der Waals surface area contributed by atoms with E-state index in [1.54, 1.807) is 0 Å². The summed E-state index contributed by atoms with van der Waals surface area (Å²) in [5.41, 5.74) is -0.0538. The molecule has 1 heterocycles. The highest BCUT2D eigenvalue weighted by Gasteiger charge is 2.29. The average molecular weight is 187 g/mol. The fourth-order valence-electron chi connectivity index (χ4n) is 0.953. The Bertz CT molecular complexity index is 289. The molecule has 0 saturated carbocycles. The van der Waals surface area contributed by atoms with Gasteiger partial charge in [0.2, 0.25) is 5.88 Å². The van der Waals surface area contributed by atoms with E-state index in [4.69, 9.17) is 4.74 Å². The van der Waals surface area contributed by atoms with Crippen molar-refractivity contribution in [3.05, 3.63) is 23.9 Å². The van der Waals surface area contributed by atoms with Crippen molar-refractivity contribution in [3.63, 3.8) is 0 Å². The Balaban J connectivity index is 3.01. The summed E-state index contributed by atoms with van der Waals surface area (Å²) < 4.78 is 31.0. The first kappa shape index (κ1) is 9.89. The highest BCUT2D eigenvalue weighted by atomic mass is 19.3. The molecule has 0 unspecified atom stereocenters. The molecule has 0 fully saturated rings. The highest BCUT2D eigenvalue weighted by molar-refractivity contribution is 5.24. The maximum Gasteiger partial charge on any atom is 0.273 e. The smallest absolute Gasteiger partial charge is 0.273 e. The molecule has 0 bridgehead atoms. The second-order valence-electron chi connectivity index (χ2n) is 2.64. The zero-order valence-corrected chi connectivity index (χ0v) is 7.55. The van der Waals surface area contributed by atoms with Crippen LogP contribution in [0, 0.1) is 0 Å². The number of alkyl halides is 2. The Morgan fingerprint density at radius 3 is 2.77 bits per heavy atom. The van der Waals surface area contributed by atoms with E-state index in [9.17, 15) is 8.78 Å². The van der Waals surface area contributed by atoms with Crippen LogP contribution in [0.1, 0.15) is 18.9 Å². The summed E-state index contributed by atoms with van der Waals surface area (Å²) in [6, 6.07) is 2.55. The Hall–Kier alpha value is -1.19. The zero-order valence-electron chi connectivity index (χ0n) is 7.55. The molecule has 13 heavy (non-hydrogen) atoms. The molecule has 2 nitrogen and oxygen atoms in total. The first-order chi connectivity index (χ1) is 6.10. The summed E-state index contributed by atoms with van der Waals surface area (Å²) in [5, 5.41) is 0. The molecule has 0 aliphatic rings. The van der Waals surface area contributed by atoms with Crippen molar-refractivity contribution in [3.8, 4) is 5.88 Å². The molecule has 0 saturated heterocycles. The second-order valence-corrected chi connectivity index (χ2v) is 2.64. The minimum Gasteiger partial charge on any atom is -0.481 e. The van der Waals surface area contributed by atoms with E-state index in [0.29, 0.717) is 0 Å². The molecule has 4 heteroatoms. The fraction of sp³-hybridized carbons (Fsp3) is 0.444. The summed E-state index contributed by atoms with van der Waals surface area (Å²) in [6.45, 7) is 1.44. The van der Waals surface area contributed by atoms with Crippen molar-refractivity contribution in [2.75, 3.05) is 7.11 Å². The lowest BCUT2D eigenvalue weighted by molar-refractivity contribution is -0.00858. The van der Waals surface area contributed by atoms with Crippen molar-refractivity contribution in [1.82, 2.24) is 4.98 Å². The van der Waals surface area contributed by atoms with Gasteiger partial charge in [-0.15, -0.1) is 0 Å². The number of halogens is 2. The first-order valence-corrected chi connectivity index (χ1v) is 3.98. The average Bonchev–Trinajstić information content (AvgIpc) is 2.18. The van der Waals surface area contributed by atoms with Crippen LogP contribution in [0.15, 0.2) is 18.3 Å². The van der Waals surface area contributed by atoms with E-state index in [1.165, 1.54) is 32.4 Å². The fourth-order valence-corrected chi connectivity index (χ4v) is 0.953. The van der Waals surface area contributed by atoms with E-state index in [0.717, 1.165) is 0 Å². The van der Waals surface area contributed by atoms with E-state index in [2.05, 4.69) is 4.98 Å². The topological polar surface area (TPSA) is 22.1 Å². The number of nitrogens with zero attached hydrogens (tertiary/aromatic N) is 1. The van der Waals surface area contributed by atoms with Crippen LogP contribution >= 0.6 is 0 Å². The summed E-state index contributed by atoms with van der Waals surface area (Å²) in [7, 11) is 1.40. The summed E-state index contributed by atoms with van der Waals surface area (Å²) in [6.07, 6.45) is 1.10. The molecule has 0 radical (unpaired) electrons. The van der Waals surface area contributed by atoms with E-state index >= 15 is 0 Å². The minimum atomic E-state index is -2.80. The van der Waals surface area contributed by atoms with E-state index in [-0.39, 0.29) is 17.9 Å². The van der Waals surface area contributed by atoms with Crippen molar-refractivity contribution in [2.24, 2.45) is 0 Å². The molecule has 0 amide bonds. The molecule has 0 atom stereocenters. The lowest BCUT2D eigenvalue weighted by Crippen LogP contribution is -2.11. The number of hydrogen-bond donors (Lipinski definition) is 0. The van der Waals surface area contributed by atoms with Gasteiger partial charge in [-0.2, -0.15) is 0 Å². The van der Waals surface area contributed by atoms with Crippen LogP contribution < -0.4 is 4.74 Å². The van der Waals surface area contributed by atoms with Crippen molar-refractivity contribution < 1.29 is 13.5 Å². The van der Waals surface area contributed by atoms with Crippen molar-refractivity contribution in [1.29, 1.82) is 0 Å². The third-order valence-electron chi connectivity index (χ3n) is 1.81. The second kappa shape index (κ2) is 3.68. The van der Waals surface area contributed by atoms with Crippen LogP contribution in [0.2, 0.25) is 0 Å². The molecular formula is C9H11F2NO. The molecule has 72 valence electrons. The van der Waals surface area contributed by atoms with Gasteiger partial charge in [-0.05, 0) is 6.07 Å². The predicted molar refractivity (Wildman–Crippen MR) is 45.0 cm³/mol. The van der Waals surface area contributed by atoms with E-state index < -0.39 is 5.92 Å². The van der Waals surface area contributed by atoms with Gasteiger partial charge < -0.3 is 4.74 Å². The highest BCUT2D eigenvalue weighted by Crippen LogP contribution is 2.32. The number of hydrogen-bond acceptors (Lipinski definition) is 2. The van der Waals surface area contributed by atoms with Gasteiger partial charge >= 0.3 is 0 Å². The summed E-state index contributed by atoms with van der Waals surface area (Å²) >= 11 is 0. The Morgan fingerprint density at radius 1 is 1.54 bits per heavy atom. The number of pyridine rings is 1. The van der Waals surface area contributed by atoms with Crippen LogP contribution in [-0.4, -0.2) is 12.1 Å². The summed E-state index contributed by atoms with van der Waals surface area (Å²) in [4.78, 5) is 3.75. The number of methoxy groups -OCH3 is 1. The molecule has 0 aliphatic carbocycles. The lowest BCUT2D eigenvalue weighted by Gasteiger charge is -2.14. The lowest BCUT2D eigenvalue weighted by atomic mass is 10.1. The van der Waals surface area contributed by atoms with Crippen LogP contribution in [0.3, 0.4) is 0 Å². The van der Waals surface area contributed by atoms with E-state index in [1.807, 2.05) is 0 Å². The third kappa shape index (κ3) is 2.14. The molecule has 1 aromatic rings. The van der Waals surface area contributed by atoms with Gasteiger partial charge in [0.1, 0.15) is 0 Å². The normalized spacial score (nSPS) is 11.4. The largest absolute Gasteiger partial charge is 0.481 e. The Kier molecular flexibility index (Phi) is 2.80. The summed E-state index contributed by atoms with van der Waals surface area (Å²) in [5.74, 6) is -2.58. The Morgan fingerprint density at radius 2 is 2.23 bits per heavy atom. The molecule has 1 rings (SSSR count). The van der Waals surface area contributed by atoms with Gasteiger partial charge in [0.05, 0.1) is 7.11 Å². The maximum absolute atomic E-state index is 13.1. The number of aromatic nitrogens is 1.